The molecule has 0 atom stereocenters. The van der Waals surface area contributed by atoms with Gasteiger partial charge in [0, 0.05) is 6.42 Å². The molecule has 0 bridgehead atoms. The number of nitrogens with zero attached hydrogens (tertiary/aromatic N) is 1. The molecule has 0 saturated heterocycles. The summed E-state index contributed by atoms with van der Waals surface area (Å²) in [4.78, 5) is 38.1. The van der Waals surface area contributed by atoms with Crippen molar-refractivity contribution < 1.29 is 18.9 Å². The fraction of sp³-hybridized carbons (Fsp3) is 0.261. The van der Waals surface area contributed by atoms with Gasteiger partial charge in [-0.3, -0.25) is 14.6 Å². The summed E-state index contributed by atoms with van der Waals surface area (Å²) >= 11 is 12.7. The monoisotopic (exact) mass is 540 g/mol. The van der Waals surface area contributed by atoms with Crippen LogP contribution in [0.2, 0.25) is 0 Å². The molecule has 0 saturated carbocycles. The predicted molar refractivity (Wildman–Crippen MR) is 139 cm³/mol. The fourth-order valence-corrected chi connectivity index (χ4v) is 3.86. The number of anilines is 1. The third-order valence-corrected chi connectivity index (χ3v) is 5.75. The van der Waals surface area contributed by atoms with Crippen molar-refractivity contribution in [3.8, 4) is 5.75 Å². The largest absolute Gasteiger partial charge is 0.524 e. The van der Waals surface area contributed by atoms with Crippen molar-refractivity contribution in [2.75, 3.05) is 5.32 Å². The molecule has 1 aromatic heterocycles. The Labute approximate surface area is 213 Å². The van der Waals surface area contributed by atoms with Crippen LogP contribution in [0.5, 0.6) is 5.75 Å². The van der Waals surface area contributed by atoms with Crippen LogP contribution in [-0.4, -0.2) is 25.5 Å². The maximum Gasteiger partial charge on any atom is 0.524 e. The summed E-state index contributed by atoms with van der Waals surface area (Å²) < 4.78 is 15.5. The topological polar surface area (TPSA) is 148 Å². The van der Waals surface area contributed by atoms with Gasteiger partial charge in [0.15, 0.2) is 0 Å². The van der Waals surface area contributed by atoms with Gasteiger partial charge in [-0.05, 0) is 36.1 Å². The van der Waals surface area contributed by atoms with E-state index in [1.54, 1.807) is 32.1 Å². The molecule has 9 nitrogen and oxygen atoms in total. The Morgan fingerprint density at radius 3 is 2.46 bits per heavy atom. The molecule has 1 aromatic carbocycles. The lowest BCUT2D eigenvalue weighted by Crippen LogP contribution is -2.26. The zero-order valence-electron chi connectivity index (χ0n) is 19.4. The molecule has 0 spiro atoms. The predicted octanol–water partition coefficient (Wildman–Crippen LogP) is 5.44. The Morgan fingerprint density at radius 1 is 1.31 bits per heavy atom. The minimum absolute atomic E-state index is 0.00202. The van der Waals surface area contributed by atoms with Crippen molar-refractivity contribution in [3.63, 3.8) is 0 Å². The van der Waals surface area contributed by atoms with Crippen molar-refractivity contribution in [2.24, 2.45) is 5.92 Å². The SMILES string of the molecule is C=C/C(Cl)=C(Nc1nc(Cc2ccc(OP(=O)(O)O)cc2)[nH]c(=O)c1C(=N)C(C)C)\C(Cl)=C/CC. The maximum absolute atomic E-state index is 13.0. The summed E-state index contributed by atoms with van der Waals surface area (Å²) in [7, 11) is -4.67. The van der Waals surface area contributed by atoms with Crippen LogP contribution in [0, 0.1) is 11.3 Å². The summed E-state index contributed by atoms with van der Waals surface area (Å²) in [6.45, 7) is 9.15. The zero-order chi connectivity index (χ0) is 26.3. The Hall–Kier alpha value is -2.68. The average molecular weight is 541 g/mol. The number of hydrogen-bond acceptors (Lipinski definition) is 6. The van der Waals surface area contributed by atoms with E-state index < -0.39 is 13.4 Å². The van der Waals surface area contributed by atoms with Crippen molar-refractivity contribution >= 4 is 42.6 Å². The van der Waals surface area contributed by atoms with Crippen LogP contribution < -0.4 is 15.4 Å². The lowest BCUT2D eigenvalue weighted by Gasteiger charge is -2.17. The lowest BCUT2D eigenvalue weighted by atomic mass is 10.0. The highest BCUT2D eigenvalue weighted by molar-refractivity contribution is 7.46. The number of phosphoric ester groups is 1. The number of allylic oxidation sites excluding steroid dienone is 4. The molecule has 0 fully saturated rings. The van der Waals surface area contributed by atoms with E-state index >= 15 is 0 Å². The number of rotatable bonds is 11. The smallest absolute Gasteiger partial charge is 0.404 e. The standard InChI is InChI=1S/C23H27Cl2N4O5P/c1-5-7-17(25)21(16(24)6-2)29-22-19(20(26)13(3)4)23(30)28-18(27-22)12-14-8-10-15(11-9-14)34-35(31,32)33/h6-11,13,26H,2,5,12H2,1,3-4H3,(H2,31,32,33)(H2,27,28,29,30)/b17-7+,21-16-,26-20?. The van der Waals surface area contributed by atoms with E-state index in [0.717, 1.165) is 0 Å². The molecular weight excluding hydrogens is 514 g/mol. The van der Waals surface area contributed by atoms with Crippen molar-refractivity contribution in [3.05, 3.63) is 86.1 Å². The van der Waals surface area contributed by atoms with Crippen molar-refractivity contribution in [1.82, 2.24) is 9.97 Å². The van der Waals surface area contributed by atoms with Gasteiger partial charge in [0.25, 0.3) is 5.56 Å². The molecule has 0 aliphatic heterocycles. The van der Waals surface area contributed by atoms with Gasteiger partial charge in [0.1, 0.15) is 23.0 Å². The third-order valence-electron chi connectivity index (χ3n) is 4.62. The first-order chi connectivity index (χ1) is 16.4. The molecule has 35 heavy (non-hydrogen) atoms. The fourth-order valence-electron chi connectivity index (χ4n) is 2.97. The molecule has 2 aromatic rings. The first-order valence-corrected chi connectivity index (χ1v) is 12.9. The second-order valence-corrected chi connectivity index (χ2v) is 9.70. The van der Waals surface area contributed by atoms with Crippen LogP contribution >= 0.6 is 31.0 Å². The summed E-state index contributed by atoms with van der Waals surface area (Å²) in [5, 5.41) is 12.0. The molecule has 0 amide bonds. The Kier molecular flexibility index (Phi) is 10.1. The molecule has 1 heterocycles. The van der Waals surface area contributed by atoms with Gasteiger partial charge >= 0.3 is 7.82 Å². The molecule has 0 aliphatic carbocycles. The van der Waals surface area contributed by atoms with E-state index in [4.69, 9.17) is 38.4 Å². The van der Waals surface area contributed by atoms with E-state index in [1.807, 2.05) is 6.92 Å². The van der Waals surface area contributed by atoms with Gasteiger partial charge in [-0.1, -0.05) is 68.8 Å². The highest BCUT2D eigenvalue weighted by Crippen LogP contribution is 2.37. The van der Waals surface area contributed by atoms with Crippen molar-refractivity contribution in [1.29, 1.82) is 5.41 Å². The van der Waals surface area contributed by atoms with E-state index in [9.17, 15) is 9.36 Å². The molecule has 12 heteroatoms. The van der Waals surface area contributed by atoms with Crippen LogP contribution in [0.1, 0.15) is 44.1 Å². The Morgan fingerprint density at radius 2 is 1.94 bits per heavy atom. The van der Waals surface area contributed by atoms with Gasteiger partial charge in [-0.25, -0.2) is 9.55 Å². The van der Waals surface area contributed by atoms with Gasteiger partial charge in [0.05, 0.1) is 21.5 Å². The summed E-state index contributed by atoms with van der Waals surface area (Å²) in [5.41, 5.74) is 0.610. The van der Waals surface area contributed by atoms with Crippen LogP contribution in [0.15, 0.2) is 63.6 Å². The average Bonchev–Trinajstić information content (AvgIpc) is 2.76. The van der Waals surface area contributed by atoms with Crippen LogP contribution in [0.3, 0.4) is 0 Å². The molecule has 0 radical (unpaired) electrons. The molecule has 188 valence electrons. The minimum atomic E-state index is -4.67. The van der Waals surface area contributed by atoms with E-state index in [2.05, 4.69) is 26.4 Å². The van der Waals surface area contributed by atoms with Gasteiger partial charge in [-0.2, -0.15) is 0 Å². The van der Waals surface area contributed by atoms with Gasteiger partial charge in [-0.15, -0.1) is 0 Å². The maximum atomic E-state index is 13.0. The summed E-state index contributed by atoms with van der Waals surface area (Å²) in [5.74, 6) is 0.139. The number of hydrogen-bond donors (Lipinski definition) is 5. The second-order valence-electron chi connectivity index (χ2n) is 7.72. The van der Waals surface area contributed by atoms with Gasteiger partial charge in [0.2, 0.25) is 0 Å². The Bertz CT molecular complexity index is 1260. The first kappa shape index (κ1) is 28.6. The number of halogens is 2. The molecule has 2 rings (SSSR count). The zero-order valence-corrected chi connectivity index (χ0v) is 21.8. The van der Waals surface area contributed by atoms with Crippen LogP contribution in [0.4, 0.5) is 5.82 Å². The number of benzene rings is 1. The highest BCUT2D eigenvalue weighted by atomic mass is 35.5. The van der Waals surface area contributed by atoms with E-state index in [0.29, 0.717) is 22.7 Å². The van der Waals surface area contributed by atoms with Crippen molar-refractivity contribution in [2.45, 2.75) is 33.6 Å². The quantitative estimate of drug-likeness (QED) is 0.145. The number of nitrogens with one attached hydrogen (secondary N) is 3. The normalized spacial score (nSPS) is 12.9. The Balaban J connectivity index is 2.54. The minimum Gasteiger partial charge on any atom is -0.404 e. The molecule has 0 aliphatic rings. The first-order valence-electron chi connectivity index (χ1n) is 10.6. The summed E-state index contributed by atoms with van der Waals surface area (Å²) in [6, 6.07) is 5.97. The van der Waals surface area contributed by atoms with E-state index in [1.165, 1.54) is 18.2 Å². The van der Waals surface area contributed by atoms with Gasteiger partial charge < -0.3 is 20.2 Å². The second kappa shape index (κ2) is 12.3. The molecule has 0 unspecified atom stereocenters. The third kappa shape index (κ3) is 8.19. The van der Waals surface area contributed by atoms with E-state index in [-0.39, 0.29) is 46.0 Å². The van der Waals surface area contributed by atoms with Crippen LogP contribution in [0.25, 0.3) is 0 Å². The number of phosphoric acid groups is 1. The number of H-pyrrole nitrogens is 1. The number of aromatic nitrogens is 2. The highest BCUT2D eigenvalue weighted by Gasteiger charge is 2.21. The summed E-state index contributed by atoms with van der Waals surface area (Å²) in [6.07, 6.45) is 3.95. The molecular formula is C23H27Cl2N4O5P. The number of aromatic amines is 1. The lowest BCUT2D eigenvalue weighted by molar-refractivity contribution is 0.283. The van der Waals surface area contributed by atoms with Crippen LogP contribution in [-0.2, 0) is 11.0 Å². The molecule has 5 N–H and O–H groups in total.